The molecule has 1 rings (SSSR count). The van der Waals surface area contributed by atoms with Crippen LogP contribution in [0.2, 0.25) is 0 Å². The Morgan fingerprint density at radius 1 is 1.67 bits per heavy atom. The molecule has 0 aliphatic heterocycles. The summed E-state index contributed by atoms with van der Waals surface area (Å²) < 4.78 is 5.47. The molecule has 68 valence electrons. The maximum Gasteiger partial charge on any atom is 0.0712 e. The van der Waals surface area contributed by atoms with Crippen LogP contribution in [-0.2, 0) is 4.74 Å². The van der Waals surface area contributed by atoms with Crippen LogP contribution >= 0.6 is 0 Å². The summed E-state index contributed by atoms with van der Waals surface area (Å²) in [5.74, 6) is 2.72. The van der Waals surface area contributed by atoms with E-state index in [4.69, 9.17) is 11.2 Å². The minimum absolute atomic E-state index is 0.0834. The highest BCUT2D eigenvalue weighted by atomic mass is 16.5. The second-order valence-corrected chi connectivity index (χ2v) is 3.45. The summed E-state index contributed by atoms with van der Waals surface area (Å²) in [5.41, 5.74) is 0.0834. The standard InChI is InChI=1S/C10H17NO/c1-4-9(11-2)8-10(12-3)6-5-7-10/h1,9,11H,5-8H2,2-3H3. The van der Waals surface area contributed by atoms with Crippen LogP contribution in [0.4, 0.5) is 0 Å². The second kappa shape index (κ2) is 3.93. The predicted octanol–water partition coefficient (Wildman–Crippen LogP) is 1.17. The molecule has 1 atom stereocenters. The van der Waals surface area contributed by atoms with Crippen LogP contribution in [0.5, 0.6) is 0 Å². The molecule has 1 N–H and O–H groups in total. The lowest BCUT2D eigenvalue weighted by Gasteiger charge is -2.41. The van der Waals surface area contributed by atoms with E-state index in [1.807, 2.05) is 7.05 Å². The van der Waals surface area contributed by atoms with E-state index in [2.05, 4.69) is 11.2 Å². The molecule has 0 aromatic rings. The summed E-state index contributed by atoms with van der Waals surface area (Å²) in [4.78, 5) is 0. The maximum atomic E-state index is 5.47. The van der Waals surface area contributed by atoms with Crippen molar-refractivity contribution in [2.45, 2.75) is 37.3 Å². The van der Waals surface area contributed by atoms with E-state index in [9.17, 15) is 0 Å². The fourth-order valence-electron chi connectivity index (χ4n) is 1.68. The molecule has 2 heteroatoms. The Morgan fingerprint density at radius 2 is 2.33 bits per heavy atom. The number of terminal acetylenes is 1. The number of ether oxygens (including phenoxy) is 1. The Kier molecular flexibility index (Phi) is 3.13. The van der Waals surface area contributed by atoms with Gasteiger partial charge in [-0.25, -0.2) is 0 Å². The van der Waals surface area contributed by atoms with E-state index in [0.29, 0.717) is 0 Å². The van der Waals surface area contributed by atoms with Gasteiger partial charge in [0.15, 0.2) is 0 Å². The second-order valence-electron chi connectivity index (χ2n) is 3.45. The molecule has 0 saturated heterocycles. The van der Waals surface area contributed by atoms with Crippen LogP contribution in [-0.4, -0.2) is 25.8 Å². The summed E-state index contributed by atoms with van der Waals surface area (Å²) in [5, 5.41) is 3.09. The molecule has 0 aromatic carbocycles. The van der Waals surface area contributed by atoms with Gasteiger partial charge in [-0.1, -0.05) is 5.92 Å². The van der Waals surface area contributed by atoms with E-state index in [0.717, 1.165) is 19.3 Å². The van der Waals surface area contributed by atoms with Gasteiger partial charge in [-0.15, -0.1) is 6.42 Å². The van der Waals surface area contributed by atoms with Crippen LogP contribution in [0.3, 0.4) is 0 Å². The van der Waals surface area contributed by atoms with E-state index in [1.54, 1.807) is 7.11 Å². The van der Waals surface area contributed by atoms with Crippen molar-refractivity contribution in [1.82, 2.24) is 5.32 Å². The Morgan fingerprint density at radius 3 is 2.58 bits per heavy atom. The Bertz CT molecular complexity index is 173. The highest BCUT2D eigenvalue weighted by molar-refractivity contribution is 5.04. The number of methoxy groups -OCH3 is 1. The van der Waals surface area contributed by atoms with Crippen molar-refractivity contribution in [3.8, 4) is 12.3 Å². The van der Waals surface area contributed by atoms with E-state index >= 15 is 0 Å². The third kappa shape index (κ3) is 1.80. The van der Waals surface area contributed by atoms with Crippen molar-refractivity contribution in [3.05, 3.63) is 0 Å². The fourth-order valence-corrected chi connectivity index (χ4v) is 1.68. The van der Waals surface area contributed by atoms with Crippen molar-refractivity contribution >= 4 is 0 Å². The van der Waals surface area contributed by atoms with Crippen LogP contribution in [0.1, 0.15) is 25.7 Å². The number of hydrogen-bond donors (Lipinski definition) is 1. The van der Waals surface area contributed by atoms with Crippen LogP contribution in [0.25, 0.3) is 0 Å². The first kappa shape index (κ1) is 9.57. The van der Waals surface area contributed by atoms with Crippen molar-refractivity contribution in [2.24, 2.45) is 0 Å². The van der Waals surface area contributed by atoms with Gasteiger partial charge < -0.3 is 10.1 Å². The Labute approximate surface area is 74.7 Å². The predicted molar refractivity (Wildman–Crippen MR) is 49.9 cm³/mol. The maximum absolute atomic E-state index is 5.47. The largest absolute Gasteiger partial charge is 0.378 e. The topological polar surface area (TPSA) is 21.3 Å². The molecule has 0 heterocycles. The van der Waals surface area contributed by atoms with Gasteiger partial charge in [0.1, 0.15) is 0 Å². The molecule has 0 radical (unpaired) electrons. The number of rotatable bonds is 4. The third-order valence-electron chi connectivity index (χ3n) is 2.82. The van der Waals surface area contributed by atoms with Crippen molar-refractivity contribution in [3.63, 3.8) is 0 Å². The monoisotopic (exact) mass is 167 g/mol. The summed E-state index contributed by atoms with van der Waals surface area (Å²) in [6.07, 6.45) is 9.88. The molecule has 0 amide bonds. The number of hydrogen-bond acceptors (Lipinski definition) is 2. The van der Waals surface area contributed by atoms with Gasteiger partial charge in [0.05, 0.1) is 11.6 Å². The molecule has 0 aromatic heterocycles. The van der Waals surface area contributed by atoms with Gasteiger partial charge in [0, 0.05) is 13.5 Å². The SMILES string of the molecule is C#CC(CC1(OC)CCC1)NC. The van der Waals surface area contributed by atoms with Gasteiger partial charge in [-0.05, 0) is 26.3 Å². The molecule has 2 nitrogen and oxygen atoms in total. The third-order valence-corrected chi connectivity index (χ3v) is 2.82. The highest BCUT2D eigenvalue weighted by Gasteiger charge is 2.38. The van der Waals surface area contributed by atoms with Crippen LogP contribution < -0.4 is 5.32 Å². The van der Waals surface area contributed by atoms with Crippen molar-refractivity contribution < 1.29 is 4.74 Å². The van der Waals surface area contributed by atoms with E-state index in [-0.39, 0.29) is 11.6 Å². The highest BCUT2D eigenvalue weighted by Crippen LogP contribution is 2.38. The van der Waals surface area contributed by atoms with E-state index < -0.39 is 0 Å². The van der Waals surface area contributed by atoms with Gasteiger partial charge in [0.2, 0.25) is 0 Å². The fraction of sp³-hybridized carbons (Fsp3) is 0.800. The Balaban J connectivity index is 2.42. The van der Waals surface area contributed by atoms with Gasteiger partial charge >= 0.3 is 0 Å². The number of nitrogens with one attached hydrogen (secondary N) is 1. The summed E-state index contributed by atoms with van der Waals surface area (Å²) >= 11 is 0. The average molecular weight is 167 g/mol. The quantitative estimate of drug-likeness (QED) is 0.635. The zero-order valence-corrected chi connectivity index (χ0v) is 7.89. The van der Waals surface area contributed by atoms with Gasteiger partial charge in [0.25, 0.3) is 0 Å². The first-order valence-electron chi connectivity index (χ1n) is 4.45. The molecule has 1 unspecified atom stereocenters. The summed E-state index contributed by atoms with van der Waals surface area (Å²) in [7, 11) is 3.68. The lowest BCUT2D eigenvalue weighted by molar-refractivity contribution is -0.0800. The summed E-state index contributed by atoms with van der Waals surface area (Å²) in [6.45, 7) is 0. The first-order valence-corrected chi connectivity index (χ1v) is 4.45. The molecular formula is C10H17NO. The lowest BCUT2D eigenvalue weighted by atomic mass is 9.76. The van der Waals surface area contributed by atoms with E-state index in [1.165, 1.54) is 6.42 Å². The lowest BCUT2D eigenvalue weighted by Crippen LogP contribution is -2.44. The zero-order chi connectivity index (χ0) is 9.03. The molecule has 1 aliphatic carbocycles. The van der Waals surface area contributed by atoms with Crippen LogP contribution in [0.15, 0.2) is 0 Å². The molecule has 1 aliphatic rings. The molecular weight excluding hydrogens is 150 g/mol. The van der Waals surface area contributed by atoms with Gasteiger partial charge in [-0.2, -0.15) is 0 Å². The normalized spacial score (nSPS) is 22.4. The van der Waals surface area contributed by atoms with Gasteiger partial charge in [-0.3, -0.25) is 0 Å². The zero-order valence-electron chi connectivity index (χ0n) is 7.89. The van der Waals surface area contributed by atoms with Crippen LogP contribution in [0, 0.1) is 12.3 Å². The average Bonchev–Trinajstić information content (AvgIpc) is 2.05. The minimum atomic E-state index is 0.0834. The molecule has 0 spiro atoms. The molecule has 12 heavy (non-hydrogen) atoms. The van der Waals surface area contributed by atoms with Crippen molar-refractivity contribution in [1.29, 1.82) is 0 Å². The summed E-state index contributed by atoms with van der Waals surface area (Å²) in [6, 6.07) is 0.158. The Hall–Kier alpha value is -0.520. The van der Waals surface area contributed by atoms with Crippen molar-refractivity contribution in [2.75, 3.05) is 14.2 Å². The smallest absolute Gasteiger partial charge is 0.0712 e. The minimum Gasteiger partial charge on any atom is -0.378 e. The first-order chi connectivity index (χ1) is 5.76. The molecule has 1 fully saturated rings. The molecule has 1 saturated carbocycles. The molecule has 0 bridgehead atoms.